The lowest BCUT2D eigenvalue weighted by Gasteiger charge is -2.04. The van der Waals surface area contributed by atoms with Crippen LogP contribution in [0.25, 0.3) is 0 Å². The van der Waals surface area contributed by atoms with Gasteiger partial charge in [0.2, 0.25) is 0 Å². The average Bonchev–Trinajstić information content (AvgIpc) is 2.99. The second-order valence-electron chi connectivity index (χ2n) is 3.86. The van der Waals surface area contributed by atoms with E-state index >= 15 is 0 Å². The highest BCUT2D eigenvalue weighted by atomic mass is 79.9. The van der Waals surface area contributed by atoms with Gasteiger partial charge in [0.15, 0.2) is 0 Å². The Balaban J connectivity index is 1.60. The SMILES string of the molecule is O=C(NCCCCn1cc(Br)cn1)c1cccs1. The first-order valence-corrected chi connectivity index (χ1v) is 7.42. The van der Waals surface area contributed by atoms with Crippen molar-refractivity contribution in [2.75, 3.05) is 6.54 Å². The van der Waals surface area contributed by atoms with Crippen LogP contribution in [0.3, 0.4) is 0 Å². The van der Waals surface area contributed by atoms with Crippen molar-refractivity contribution in [1.82, 2.24) is 15.1 Å². The molecular weight excluding hydrogens is 314 g/mol. The summed E-state index contributed by atoms with van der Waals surface area (Å²) in [7, 11) is 0. The summed E-state index contributed by atoms with van der Waals surface area (Å²) >= 11 is 4.82. The van der Waals surface area contributed by atoms with Gasteiger partial charge in [0, 0.05) is 19.3 Å². The molecule has 0 aliphatic carbocycles. The standard InChI is InChI=1S/C12H14BrN3OS/c13-10-8-15-16(9-10)6-2-1-5-14-12(17)11-4-3-7-18-11/h3-4,7-9H,1-2,5-6H2,(H,14,17). The maximum atomic E-state index is 11.6. The van der Waals surface area contributed by atoms with E-state index in [1.54, 1.807) is 6.20 Å². The topological polar surface area (TPSA) is 46.9 Å². The fourth-order valence-electron chi connectivity index (χ4n) is 1.56. The predicted molar refractivity (Wildman–Crippen MR) is 75.8 cm³/mol. The van der Waals surface area contributed by atoms with Gasteiger partial charge in [0.05, 0.1) is 15.5 Å². The van der Waals surface area contributed by atoms with Crippen LogP contribution < -0.4 is 5.32 Å². The minimum Gasteiger partial charge on any atom is -0.351 e. The number of carbonyl (C=O) groups excluding carboxylic acids is 1. The largest absolute Gasteiger partial charge is 0.351 e. The van der Waals surface area contributed by atoms with Crippen LogP contribution in [0.15, 0.2) is 34.4 Å². The van der Waals surface area contributed by atoms with Gasteiger partial charge in [-0.15, -0.1) is 11.3 Å². The number of nitrogens with zero attached hydrogens (tertiary/aromatic N) is 2. The van der Waals surface area contributed by atoms with Gasteiger partial charge < -0.3 is 5.32 Å². The smallest absolute Gasteiger partial charge is 0.261 e. The molecule has 0 aromatic carbocycles. The van der Waals surface area contributed by atoms with E-state index in [4.69, 9.17) is 0 Å². The summed E-state index contributed by atoms with van der Waals surface area (Å²) < 4.78 is 2.89. The van der Waals surface area contributed by atoms with Crippen LogP contribution in [-0.4, -0.2) is 22.2 Å². The normalized spacial score (nSPS) is 10.5. The molecule has 2 aromatic heterocycles. The maximum absolute atomic E-state index is 11.6. The molecule has 0 unspecified atom stereocenters. The summed E-state index contributed by atoms with van der Waals surface area (Å²) in [4.78, 5) is 12.4. The third kappa shape index (κ3) is 3.96. The molecule has 0 bridgehead atoms. The average molecular weight is 328 g/mol. The molecule has 0 fully saturated rings. The van der Waals surface area contributed by atoms with Crippen molar-refractivity contribution in [1.29, 1.82) is 0 Å². The molecule has 2 aromatic rings. The van der Waals surface area contributed by atoms with E-state index in [2.05, 4.69) is 26.3 Å². The summed E-state index contributed by atoms with van der Waals surface area (Å²) in [6, 6.07) is 3.72. The van der Waals surface area contributed by atoms with E-state index in [1.165, 1.54) is 11.3 Å². The van der Waals surface area contributed by atoms with Gasteiger partial charge in [-0.05, 0) is 40.2 Å². The Hall–Kier alpha value is -1.14. The van der Waals surface area contributed by atoms with Gasteiger partial charge in [-0.1, -0.05) is 6.07 Å². The van der Waals surface area contributed by atoms with Crippen molar-refractivity contribution in [3.8, 4) is 0 Å². The second-order valence-corrected chi connectivity index (χ2v) is 5.73. The highest BCUT2D eigenvalue weighted by Gasteiger charge is 2.04. The zero-order valence-electron chi connectivity index (χ0n) is 9.80. The van der Waals surface area contributed by atoms with Gasteiger partial charge >= 0.3 is 0 Å². The van der Waals surface area contributed by atoms with E-state index in [0.717, 1.165) is 28.7 Å². The van der Waals surface area contributed by atoms with Crippen LogP contribution in [0, 0.1) is 0 Å². The third-order valence-corrected chi connectivity index (χ3v) is 3.72. The Bertz CT molecular complexity index is 495. The van der Waals surface area contributed by atoms with Crippen LogP contribution in [0.4, 0.5) is 0 Å². The number of hydrogen-bond donors (Lipinski definition) is 1. The monoisotopic (exact) mass is 327 g/mol. The Morgan fingerprint density at radius 3 is 3.06 bits per heavy atom. The van der Waals surface area contributed by atoms with Crippen molar-refractivity contribution in [2.24, 2.45) is 0 Å². The summed E-state index contributed by atoms with van der Waals surface area (Å²) in [5.41, 5.74) is 0. The Kier molecular flexibility index (Phi) is 4.95. The van der Waals surface area contributed by atoms with E-state index in [1.807, 2.05) is 28.4 Å². The molecule has 0 aliphatic heterocycles. The zero-order chi connectivity index (χ0) is 12.8. The van der Waals surface area contributed by atoms with Gasteiger partial charge in [-0.25, -0.2) is 0 Å². The maximum Gasteiger partial charge on any atom is 0.261 e. The molecule has 0 radical (unpaired) electrons. The van der Waals surface area contributed by atoms with E-state index in [9.17, 15) is 4.79 Å². The molecule has 1 N–H and O–H groups in total. The molecule has 0 saturated heterocycles. The Labute approximate surface area is 118 Å². The summed E-state index contributed by atoms with van der Waals surface area (Å²) in [6.07, 6.45) is 5.68. The number of rotatable bonds is 6. The van der Waals surface area contributed by atoms with E-state index in [0.29, 0.717) is 6.54 Å². The van der Waals surface area contributed by atoms with Crippen molar-refractivity contribution in [3.05, 3.63) is 39.3 Å². The molecule has 6 heteroatoms. The number of amides is 1. The first-order valence-electron chi connectivity index (χ1n) is 5.75. The lowest BCUT2D eigenvalue weighted by molar-refractivity contribution is 0.0957. The van der Waals surface area contributed by atoms with Gasteiger partial charge in [0.1, 0.15) is 0 Å². The molecule has 1 amide bonds. The van der Waals surface area contributed by atoms with Crippen LogP contribution in [-0.2, 0) is 6.54 Å². The molecule has 2 rings (SSSR count). The minimum absolute atomic E-state index is 0.0202. The van der Waals surface area contributed by atoms with Crippen molar-refractivity contribution < 1.29 is 4.79 Å². The fraction of sp³-hybridized carbons (Fsp3) is 0.333. The number of halogens is 1. The second kappa shape index (κ2) is 6.70. The van der Waals surface area contributed by atoms with Crippen molar-refractivity contribution >= 4 is 33.2 Å². The highest BCUT2D eigenvalue weighted by Crippen LogP contribution is 2.08. The van der Waals surface area contributed by atoms with Gasteiger partial charge in [0.25, 0.3) is 5.91 Å². The first kappa shape index (κ1) is 13.3. The molecule has 2 heterocycles. The molecule has 0 atom stereocenters. The first-order chi connectivity index (χ1) is 8.75. The van der Waals surface area contributed by atoms with Crippen LogP contribution in [0.2, 0.25) is 0 Å². The van der Waals surface area contributed by atoms with Crippen LogP contribution in [0.5, 0.6) is 0 Å². The number of thiophene rings is 1. The molecule has 0 spiro atoms. The zero-order valence-corrected chi connectivity index (χ0v) is 12.2. The lowest BCUT2D eigenvalue weighted by Crippen LogP contribution is -2.23. The quantitative estimate of drug-likeness (QED) is 0.829. The number of aromatic nitrogens is 2. The minimum atomic E-state index is 0.0202. The lowest BCUT2D eigenvalue weighted by atomic mass is 10.3. The molecule has 4 nitrogen and oxygen atoms in total. The number of unbranched alkanes of at least 4 members (excludes halogenated alkanes) is 1. The van der Waals surface area contributed by atoms with Gasteiger partial charge in [-0.2, -0.15) is 5.10 Å². The van der Waals surface area contributed by atoms with Gasteiger partial charge in [-0.3, -0.25) is 9.48 Å². The molecule has 96 valence electrons. The Morgan fingerprint density at radius 2 is 2.39 bits per heavy atom. The van der Waals surface area contributed by atoms with Crippen LogP contribution in [0.1, 0.15) is 22.5 Å². The summed E-state index contributed by atoms with van der Waals surface area (Å²) in [6.45, 7) is 1.58. The van der Waals surface area contributed by atoms with E-state index < -0.39 is 0 Å². The number of aryl methyl sites for hydroxylation is 1. The summed E-state index contributed by atoms with van der Waals surface area (Å²) in [5, 5.41) is 8.99. The molecule has 0 aliphatic rings. The highest BCUT2D eigenvalue weighted by molar-refractivity contribution is 9.10. The molecular formula is C12H14BrN3OS. The summed E-state index contributed by atoms with van der Waals surface area (Å²) in [5.74, 6) is 0.0202. The molecule has 18 heavy (non-hydrogen) atoms. The third-order valence-electron chi connectivity index (χ3n) is 2.45. The Morgan fingerprint density at radius 1 is 1.50 bits per heavy atom. The number of carbonyl (C=O) groups is 1. The number of hydrogen-bond acceptors (Lipinski definition) is 3. The van der Waals surface area contributed by atoms with E-state index in [-0.39, 0.29) is 5.91 Å². The predicted octanol–water partition coefficient (Wildman–Crippen LogP) is 2.92. The van der Waals surface area contributed by atoms with Crippen LogP contribution >= 0.6 is 27.3 Å². The fourth-order valence-corrected chi connectivity index (χ4v) is 2.52. The number of nitrogens with one attached hydrogen (secondary N) is 1. The molecule has 0 saturated carbocycles. The van der Waals surface area contributed by atoms with Crippen molar-refractivity contribution in [2.45, 2.75) is 19.4 Å². The van der Waals surface area contributed by atoms with Crippen molar-refractivity contribution in [3.63, 3.8) is 0 Å².